The van der Waals surface area contributed by atoms with E-state index in [1.54, 1.807) is 7.11 Å². The van der Waals surface area contributed by atoms with Gasteiger partial charge in [-0.15, -0.1) is 0 Å². The molecule has 76 valence electrons. The Morgan fingerprint density at radius 2 is 2.00 bits per heavy atom. The van der Waals surface area contributed by atoms with Gasteiger partial charge in [-0.1, -0.05) is 37.3 Å². The van der Waals surface area contributed by atoms with E-state index in [-0.39, 0.29) is 11.7 Å². The summed E-state index contributed by atoms with van der Waals surface area (Å²) in [5, 5.41) is 0. The third-order valence-corrected chi connectivity index (χ3v) is 2.26. The Hall–Kier alpha value is -1.15. The van der Waals surface area contributed by atoms with Crippen LogP contribution in [0.5, 0.6) is 0 Å². The summed E-state index contributed by atoms with van der Waals surface area (Å²) in [5.41, 5.74) is 0.788. The normalized spacial score (nSPS) is 12.4. The Kier molecular flexibility index (Phi) is 4.33. The fourth-order valence-corrected chi connectivity index (χ4v) is 1.31. The van der Waals surface area contributed by atoms with E-state index in [2.05, 4.69) is 0 Å². The average molecular weight is 192 g/mol. The third kappa shape index (κ3) is 2.96. The van der Waals surface area contributed by atoms with Crippen LogP contribution < -0.4 is 0 Å². The lowest BCUT2D eigenvalue weighted by Crippen LogP contribution is -2.13. The quantitative estimate of drug-likeness (QED) is 0.670. The smallest absolute Gasteiger partial charge is 0.165 e. The molecule has 0 fully saturated rings. The Morgan fingerprint density at radius 3 is 2.57 bits per heavy atom. The Labute approximate surface area is 84.9 Å². The van der Waals surface area contributed by atoms with Crippen LogP contribution >= 0.6 is 0 Å². The Balaban J connectivity index is 2.57. The number of carbonyl (C=O) groups is 1. The summed E-state index contributed by atoms with van der Waals surface area (Å²) >= 11 is 0. The fraction of sp³-hybridized carbons (Fsp3) is 0.417. The number of hydrogen-bond acceptors (Lipinski definition) is 2. The van der Waals surface area contributed by atoms with Crippen LogP contribution in [0.3, 0.4) is 0 Å². The van der Waals surface area contributed by atoms with Gasteiger partial charge in [0.2, 0.25) is 0 Å². The highest BCUT2D eigenvalue weighted by atomic mass is 16.5. The molecule has 0 saturated heterocycles. The second-order valence-corrected chi connectivity index (χ2v) is 3.41. The fourth-order valence-electron chi connectivity index (χ4n) is 1.31. The molecule has 0 aliphatic heterocycles. The van der Waals surface area contributed by atoms with Crippen LogP contribution in [0.15, 0.2) is 30.3 Å². The molecule has 1 aromatic carbocycles. The molecular weight excluding hydrogens is 176 g/mol. The first-order chi connectivity index (χ1) is 6.75. The van der Waals surface area contributed by atoms with Gasteiger partial charge >= 0.3 is 0 Å². The minimum atomic E-state index is 0.0392. The number of ketones is 1. The molecule has 2 nitrogen and oxygen atoms in total. The van der Waals surface area contributed by atoms with Crippen LogP contribution in [-0.2, 0) is 4.74 Å². The molecule has 0 amide bonds. The van der Waals surface area contributed by atoms with Gasteiger partial charge in [-0.25, -0.2) is 0 Å². The molecule has 0 saturated carbocycles. The van der Waals surface area contributed by atoms with Crippen LogP contribution in [-0.4, -0.2) is 19.5 Å². The molecule has 0 N–H and O–H groups in total. The summed E-state index contributed by atoms with van der Waals surface area (Å²) in [7, 11) is 1.65. The first-order valence-electron chi connectivity index (χ1n) is 4.84. The van der Waals surface area contributed by atoms with Gasteiger partial charge in [0.15, 0.2) is 5.78 Å². The summed E-state index contributed by atoms with van der Waals surface area (Å²) in [6, 6.07) is 9.39. The molecule has 0 heterocycles. The molecule has 0 aliphatic carbocycles. The van der Waals surface area contributed by atoms with Gasteiger partial charge in [0.25, 0.3) is 0 Å². The number of methoxy groups -OCH3 is 1. The third-order valence-electron chi connectivity index (χ3n) is 2.26. The highest BCUT2D eigenvalue weighted by Gasteiger charge is 2.13. The van der Waals surface area contributed by atoms with Crippen molar-refractivity contribution >= 4 is 5.78 Å². The van der Waals surface area contributed by atoms with Gasteiger partial charge in [0.1, 0.15) is 0 Å². The number of carbonyl (C=O) groups excluding carboxylic acids is 1. The SMILES string of the molecule is COCCC(C)C(=O)c1ccccc1. The lowest BCUT2D eigenvalue weighted by Gasteiger charge is -2.09. The lowest BCUT2D eigenvalue weighted by molar-refractivity contribution is 0.0894. The van der Waals surface area contributed by atoms with E-state index in [4.69, 9.17) is 4.74 Å². The average Bonchev–Trinajstić information content (AvgIpc) is 2.26. The molecule has 2 heteroatoms. The van der Waals surface area contributed by atoms with Crippen molar-refractivity contribution in [1.82, 2.24) is 0 Å². The summed E-state index contributed by atoms with van der Waals surface area (Å²) in [6.45, 7) is 2.58. The monoisotopic (exact) mass is 192 g/mol. The van der Waals surface area contributed by atoms with Crippen LogP contribution in [0.1, 0.15) is 23.7 Å². The minimum Gasteiger partial charge on any atom is -0.385 e. The number of benzene rings is 1. The minimum absolute atomic E-state index is 0.0392. The molecule has 0 aromatic heterocycles. The molecule has 1 aromatic rings. The van der Waals surface area contributed by atoms with Crippen molar-refractivity contribution in [3.8, 4) is 0 Å². The van der Waals surface area contributed by atoms with Gasteiger partial charge in [-0.05, 0) is 6.42 Å². The molecule has 0 aliphatic rings. The largest absolute Gasteiger partial charge is 0.385 e. The number of hydrogen-bond donors (Lipinski definition) is 0. The van der Waals surface area contributed by atoms with Gasteiger partial charge in [0, 0.05) is 25.2 Å². The predicted octanol–water partition coefficient (Wildman–Crippen LogP) is 2.54. The molecule has 0 radical (unpaired) electrons. The number of ether oxygens (including phenoxy) is 1. The van der Waals surface area contributed by atoms with E-state index in [0.29, 0.717) is 6.61 Å². The van der Waals surface area contributed by atoms with E-state index in [1.807, 2.05) is 37.3 Å². The van der Waals surface area contributed by atoms with E-state index >= 15 is 0 Å². The van der Waals surface area contributed by atoms with Crippen molar-refractivity contribution in [1.29, 1.82) is 0 Å². The van der Waals surface area contributed by atoms with Gasteiger partial charge in [-0.2, -0.15) is 0 Å². The first kappa shape index (κ1) is 10.9. The van der Waals surface area contributed by atoms with Crippen molar-refractivity contribution in [2.24, 2.45) is 5.92 Å². The van der Waals surface area contributed by atoms with Crippen molar-refractivity contribution < 1.29 is 9.53 Å². The van der Waals surface area contributed by atoms with Crippen LogP contribution in [0.4, 0.5) is 0 Å². The van der Waals surface area contributed by atoms with Crippen molar-refractivity contribution in [2.45, 2.75) is 13.3 Å². The second-order valence-electron chi connectivity index (χ2n) is 3.41. The lowest BCUT2D eigenvalue weighted by atomic mass is 9.97. The molecule has 0 spiro atoms. The maximum absolute atomic E-state index is 11.8. The topological polar surface area (TPSA) is 26.3 Å². The number of rotatable bonds is 5. The van der Waals surface area contributed by atoms with Crippen LogP contribution in [0.25, 0.3) is 0 Å². The van der Waals surface area contributed by atoms with E-state index in [9.17, 15) is 4.79 Å². The molecule has 14 heavy (non-hydrogen) atoms. The van der Waals surface area contributed by atoms with Gasteiger partial charge in [-0.3, -0.25) is 4.79 Å². The maximum atomic E-state index is 11.8. The summed E-state index contributed by atoms with van der Waals surface area (Å²) in [6.07, 6.45) is 0.782. The van der Waals surface area contributed by atoms with Gasteiger partial charge < -0.3 is 4.74 Å². The summed E-state index contributed by atoms with van der Waals surface area (Å²) in [4.78, 5) is 11.8. The summed E-state index contributed by atoms with van der Waals surface area (Å²) < 4.78 is 4.95. The zero-order valence-corrected chi connectivity index (χ0v) is 8.69. The first-order valence-corrected chi connectivity index (χ1v) is 4.84. The van der Waals surface area contributed by atoms with Gasteiger partial charge in [0.05, 0.1) is 0 Å². The van der Waals surface area contributed by atoms with Crippen molar-refractivity contribution in [2.75, 3.05) is 13.7 Å². The van der Waals surface area contributed by atoms with Crippen LogP contribution in [0.2, 0.25) is 0 Å². The highest BCUT2D eigenvalue weighted by Crippen LogP contribution is 2.11. The van der Waals surface area contributed by atoms with E-state index < -0.39 is 0 Å². The van der Waals surface area contributed by atoms with Crippen LogP contribution in [0, 0.1) is 5.92 Å². The van der Waals surface area contributed by atoms with E-state index in [0.717, 1.165) is 12.0 Å². The zero-order chi connectivity index (χ0) is 10.4. The molecule has 0 bridgehead atoms. The zero-order valence-electron chi connectivity index (χ0n) is 8.69. The second kappa shape index (κ2) is 5.55. The molecule has 1 rings (SSSR count). The highest BCUT2D eigenvalue weighted by molar-refractivity contribution is 5.97. The Morgan fingerprint density at radius 1 is 1.36 bits per heavy atom. The predicted molar refractivity (Wildman–Crippen MR) is 56.4 cm³/mol. The Bertz CT molecular complexity index is 280. The molecular formula is C12H16O2. The standard InChI is InChI=1S/C12H16O2/c1-10(8-9-14-2)12(13)11-6-4-3-5-7-11/h3-7,10H,8-9H2,1-2H3. The molecule has 1 unspecified atom stereocenters. The summed E-state index contributed by atoms with van der Waals surface area (Å²) in [5.74, 6) is 0.236. The van der Waals surface area contributed by atoms with Crippen molar-refractivity contribution in [3.63, 3.8) is 0 Å². The van der Waals surface area contributed by atoms with E-state index in [1.165, 1.54) is 0 Å². The number of Topliss-reactive ketones (excluding diaryl/α,β-unsaturated/α-hetero) is 1. The molecule has 1 atom stereocenters. The maximum Gasteiger partial charge on any atom is 0.165 e. The van der Waals surface area contributed by atoms with Crippen molar-refractivity contribution in [3.05, 3.63) is 35.9 Å².